The highest BCUT2D eigenvalue weighted by Crippen LogP contribution is 2.31. The molecule has 9 nitrogen and oxygen atoms in total. The number of pyridine rings is 1. The molecule has 0 aliphatic carbocycles. The quantitative estimate of drug-likeness (QED) is 0.441. The zero-order chi connectivity index (χ0) is 25.9. The van der Waals surface area contributed by atoms with Crippen LogP contribution in [0.5, 0.6) is 17.2 Å². The van der Waals surface area contributed by atoms with E-state index in [0.29, 0.717) is 28.7 Å². The molecule has 1 saturated heterocycles. The zero-order valence-electron chi connectivity index (χ0n) is 20.9. The van der Waals surface area contributed by atoms with Crippen LogP contribution in [0.2, 0.25) is 0 Å². The van der Waals surface area contributed by atoms with Gasteiger partial charge < -0.3 is 19.1 Å². The topological polar surface area (TPSA) is 114 Å². The van der Waals surface area contributed by atoms with E-state index >= 15 is 0 Å². The maximum Gasteiger partial charge on any atom is 0.410 e. The summed E-state index contributed by atoms with van der Waals surface area (Å²) in [6.07, 6.45) is 2.88. The number of fused-ring (bicyclic) bond motifs is 1. The number of amides is 1. The average molecular weight is 513 g/mol. The van der Waals surface area contributed by atoms with E-state index in [1.54, 1.807) is 48.5 Å². The Morgan fingerprint density at radius 3 is 2.58 bits per heavy atom. The van der Waals surface area contributed by atoms with Crippen LogP contribution in [0.15, 0.2) is 59.6 Å². The van der Waals surface area contributed by atoms with Gasteiger partial charge in [-0.05, 0) is 76.1 Å². The van der Waals surface area contributed by atoms with Crippen LogP contribution in [-0.4, -0.2) is 52.0 Å². The normalized spacial score (nSPS) is 17.6. The van der Waals surface area contributed by atoms with Crippen molar-refractivity contribution in [2.45, 2.75) is 50.2 Å². The predicted molar refractivity (Wildman–Crippen MR) is 138 cm³/mol. The van der Waals surface area contributed by atoms with Gasteiger partial charge in [-0.2, -0.15) is 0 Å². The molecule has 2 heterocycles. The van der Waals surface area contributed by atoms with Gasteiger partial charge in [-0.25, -0.2) is 18.5 Å². The number of hydrogen-bond donors (Lipinski definition) is 2. The Hall–Kier alpha value is -3.37. The van der Waals surface area contributed by atoms with Crippen LogP contribution in [-0.2, 0) is 14.7 Å². The number of aromatic nitrogens is 1. The van der Waals surface area contributed by atoms with E-state index in [9.17, 15) is 9.00 Å². The van der Waals surface area contributed by atoms with Crippen molar-refractivity contribution in [3.8, 4) is 17.2 Å². The zero-order valence-corrected chi connectivity index (χ0v) is 21.8. The van der Waals surface area contributed by atoms with Crippen LogP contribution >= 0.6 is 0 Å². The Morgan fingerprint density at radius 2 is 1.89 bits per heavy atom. The van der Waals surface area contributed by atoms with Crippen molar-refractivity contribution in [1.29, 1.82) is 4.78 Å². The molecule has 192 valence electrons. The molecule has 1 amide bonds. The fourth-order valence-electron chi connectivity index (χ4n) is 4.05. The Bertz CT molecular complexity index is 1340. The van der Waals surface area contributed by atoms with Crippen LogP contribution in [0.25, 0.3) is 10.9 Å². The Balaban J connectivity index is 1.41. The first-order valence-electron chi connectivity index (χ1n) is 11.8. The molecule has 1 aliphatic rings. The molecular weight excluding hydrogens is 480 g/mol. The Labute approximate surface area is 211 Å². The standard InChI is InChI=1S/C26H32N4O5S/c1-26(2,3)35-25(31)30-15-5-6-18(30)17-29-36(27,32)21-10-7-19(8-11-21)34-24-13-14-28-23-16-20(33-4)9-12-22(23)24/h7-14,16,18H,5-6,15,17H2,1-4H3,(H2,27,29,32)/t18-,36?/m0/s1. The second-order valence-corrected chi connectivity index (χ2v) is 11.5. The van der Waals surface area contributed by atoms with Crippen LogP contribution < -0.4 is 14.2 Å². The van der Waals surface area contributed by atoms with Crippen molar-refractivity contribution in [3.05, 3.63) is 54.7 Å². The molecule has 1 unspecified atom stereocenters. The van der Waals surface area contributed by atoms with Crippen LogP contribution in [0.3, 0.4) is 0 Å². The molecule has 0 spiro atoms. The van der Waals surface area contributed by atoms with Crippen molar-refractivity contribution in [2.24, 2.45) is 0 Å². The maximum atomic E-state index is 13.1. The molecular formula is C26H32N4O5S. The van der Waals surface area contributed by atoms with E-state index in [1.807, 2.05) is 39.0 Å². The summed E-state index contributed by atoms with van der Waals surface area (Å²) in [6.45, 7) is 6.31. The van der Waals surface area contributed by atoms with Crippen molar-refractivity contribution >= 4 is 26.9 Å². The lowest BCUT2D eigenvalue weighted by atomic mass is 10.2. The molecule has 1 fully saturated rings. The van der Waals surface area contributed by atoms with Crippen molar-refractivity contribution in [1.82, 2.24) is 14.6 Å². The van der Waals surface area contributed by atoms with E-state index in [-0.39, 0.29) is 18.7 Å². The van der Waals surface area contributed by atoms with Gasteiger partial charge in [-0.3, -0.25) is 4.98 Å². The van der Waals surface area contributed by atoms with E-state index in [4.69, 9.17) is 19.0 Å². The molecule has 0 bridgehead atoms. The van der Waals surface area contributed by atoms with E-state index in [1.165, 1.54) is 0 Å². The number of rotatable bonds is 7. The van der Waals surface area contributed by atoms with Gasteiger partial charge in [0.1, 0.15) is 32.8 Å². The van der Waals surface area contributed by atoms with Crippen molar-refractivity contribution in [2.75, 3.05) is 20.2 Å². The largest absolute Gasteiger partial charge is 0.497 e. The predicted octanol–water partition coefficient (Wildman–Crippen LogP) is 5.35. The molecule has 0 radical (unpaired) electrons. The second-order valence-electron chi connectivity index (χ2n) is 9.64. The molecule has 10 heteroatoms. The van der Waals surface area contributed by atoms with Gasteiger partial charge in [0.15, 0.2) is 0 Å². The molecule has 0 saturated carbocycles. The van der Waals surface area contributed by atoms with Crippen LogP contribution in [0, 0.1) is 4.78 Å². The van der Waals surface area contributed by atoms with Crippen LogP contribution in [0.1, 0.15) is 33.6 Å². The van der Waals surface area contributed by atoms with Crippen LogP contribution in [0.4, 0.5) is 4.79 Å². The number of hydrogen-bond acceptors (Lipinski definition) is 7. The van der Waals surface area contributed by atoms with Gasteiger partial charge >= 0.3 is 6.09 Å². The number of methoxy groups -OCH3 is 1. The number of benzene rings is 2. The monoisotopic (exact) mass is 512 g/mol. The first-order chi connectivity index (χ1) is 17.1. The van der Waals surface area contributed by atoms with Gasteiger partial charge in [-0.15, -0.1) is 0 Å². The molecule has 2 N–H and O–H groups in total. The summed E-state index contributed by atoms with van der Waals surface area (Å²) in [5.74, 6) is 1.88. The molecule has 2 aromatic carbocycles. The minimum absolute atomic E-state index is 0.174. The summed E-state index contributed by atoms with van der Waals surface area (Å²) in [4.78, 5) is 18.8. The van der Waals surface area contributed by atoms with Gasteiger partial charge in [0.2, 0.25) is 0 Å². The number of carbonyl (C=O) groups is 1. The lowest BCUT2D eigenvalue weighted by molar-refractivity contribution is 0.0230. The second kappa shape index (κ2) is 10.3. The lowest BCUT2D eigenvalue weighted by Gasteiger charge is -2.29. The third-order valence-corrected chi connectivity index (χ3v) is 7.33. The maximum absolute atomic E-state index is 13.1. The van der Waals surface area contributed by atoms with E-state index in [0.717, 1.165) is 23.7 Å². The summed E-state index contributed by atoms with van der Waals surface area (Å²) in [5.41, 5.74) is 0.161. The summed E-state index contributed by atoms with van der Waals surface area (Å²) < 4.78 is 41.2. The molecule has 36 heavy (non-hydrogen) atoms. The smallest absolute Gasteiger partial charge is 0.410 e. The third-order valence-electron chi connectivity index (χ3n) is 5.82. The molecule has 1 aromatic heterocycles. The Morgan fingerprint density at radius 1 is 1.17 bits per heavy atom. The molecule has 1 aliphatic heterocycles. The number of nitrogens with zero attached hydrogens (tertiary/aromatic N) is 2. The van der Waals surface area contributed by atoms with Gasteiger partial charge in [0, 0.05) is 36.8 Å². The van der Waals surface area contributed by atoms with Gasteiger partial charge in [0.05, 0.1) is 17.5 Å². The highest BCUT2D eigenvalue weighted by atomic mass is 32.2. The minimum atomic E-state index is -3.27. The first-order valence-corrected chi connectivity index (χ1v) is 13.4. The number of carbonyl (C=O) groups excluding carboxylic acids is 1. The fourth-order valence-corrected chi connectivity index (χ4v) is 5.16. The van der Waals surface area contributed by atoms with Gasteiger partial charge in [0.25, 0.3) is 0 Å². The minimum Gasteiger partial charge on any atom is -0.497 e. The van der Waals surface area contributed by atoms with E-state index in [2.05, 4.69) is 9.71 Å². The highest BCUT2D eigenvalue weighted by molar-refractivity contribution is 7.90. The Kier molecular flexibility index (Phi) is 7.37. The third kappa shape index (κ3) is 6.06. The number of likely N-dealkylation sites (tertiary alicyclic amines) is 1. The van der Waals surface area contributed by atoms with Gasteiger partial charge in [-0.1, -0.05) is 0 Å². The fraction of sp³-hybridized carbons (Fsp3) is 0.385. The number of ether oxygens (including phenoxy) is 3. The number of nitrogens with one attached hydrogen (secondary N) is 2. The first kappa shape index (κ1) is 25.7. The SMILES string of the molecule is COc1ccc2c(Oc3ccc(S(=N)(=O)NC[C@@H]4CCCN4C(=O)OC(C)(C)C)cc3)ccnc2c1. The summed E-state index contributed by atoms with van der Waals surface area (Å²) in [6, 6.07) is 13.8. The summed E-state index contributed by atoms with van der Waals surface area (Å²) >= 11 is 0. The van der Waals surface area contributed by atoms with Crippen molar-refractivity contribution in [3.63, 3.8) is 0 Å². The lowest BCUT2D eigenvalue weighted by Crippen LogP contribution is -2.45. The highest BCUT2D eigenvalue weighted by Gasteiger charge is 2.32. The summed E-state index contributed by atoms with van der Waals surface area (Å²) in [7, 11) is -1.67. The molecule has 4 rings (SSSR count). The molecule has 3 aromatic rings. The average Bonchev–Trinajstić information content (AvgIpc) is 3.31. The summed E-state index contributed by atoms with van der Waals surface area (Å²) in [5, 5.41) is 0.833. The molecule has 2 atom stereocenters. The van der Waals surface area contributed by atoms with E-state index < -0.39 is 15.5 Å². The van der Waals surface area contributed by atoms with Crippen molar-refractivity contribution < 1.29 is 23.2 Å².